The number of hydrogen-bond donors (Lipinski definition) is 2. The highest BCUT2D eigenvalue weighted by Crippen LogP contribution is 2.27. The highest BCUT2D eigenvalue weighted by molar-refractivity contribution is 5.58. The zero-order chi connectivity index (χ0) is 11.4. The van der Waals surface area contributed by atoms with Gasteiger partial charge in [0, 0.05) is 18.3 Å². The quantitative estimate of drug-likeness (QED) is 0.795. The maximum atomic E-state index is 5.63. The van der Waals surface area contributed by atoms with Gasteiger partial charge in [-0.2, -0.15) is 0 Å². The number of benzene rings is 1. The van der Waals surface area contributed by atoms with Crippen LogP contribution in [-0.4, -0.2) is 12.6 Å². The number of hydrogen-bond acceptors (Lipinski definition) is 2. The number of anilines is 1. The molecule has 84 valence electrons. The molecule has 3 N–H and O–H groups in total. The summed E-state index contributed by atoms with van der Waals surface area (Å²) in [5, 5.41) is 3.48. The Morgan fingerprint density at radius 1 is 1.27 bits per heavy atom. The van der Waals surface area contributed by atoms with Crippen LogP contribution in [0.25, 0.3) is 0 Å². The van der Waals surface area contributed by atoms with Crippen molar-refractivity contribution < 1.29 is 0 Å². The lowest BCUT2D eigenvalue weighted by molar-refractivity contribution is 0.791. The van der Waals surface area contributed by atoms with Gasteiger partial charge in [-0.15, -0.1) is 0 Å². The highest BCUT2D eigenvalue weighted by atomic mass is 14.9. The summed E-state index contributed by atoms with van der Waals surface area (Å²) in [7, 11) is 0. The Kier molecular flexibility index (Phi) is 4.15. The normalized spacial score (nSPS) is 12.9. The minimum absolute atomic E-state index is 0.323. The molecule has 0 saturated heterocycles. The van der Waals surface area contributed by atoms with E-state index in [0.717, 1.165) is 0 Å². The molecule has 1 rings (SSSR count). The summed E-state index contributed by atoms with van der Waals surface area (Å²) < 4.78 is 0. The van der Waals surface area contributed by atoms with Crippen LogP contribution in [0.5, 0.6) is 0 Å². The van der Waals surface area contributed by atoms with Gasteiger partial charge < -0.3 is 11.1 Å². The number of rotatable bonds is 4. The van der Waals surface area contributed by atoms with Gasteiger partial charge in [0.15, 0.2) is 0 Å². The van der Waals surface area contributed by atoms with Gasteiger partial charge in [0.2, 0.25) is 0 Å². The van der Waals surface area contributed by atoms with Crippen molar-refractivity contribution >= 4 is 5.69 Å². The van der Waals surface area contributed by atoms with Crippen molar-refractivity contribution in [3.63, 3.8) is 0 Å². The molecular formula is C13H22N2. The van der Waals surface area contributed by atoms with E-state index >= 15 is 0 Å². The molecule has 0 amide bonds. The Hall–Kier alpha value is -1.02. The summed E-state index contributed by atoms with van der Waals surface area (Å²) in [6.45, 7) is 9.33. The topological polar surface area (TPSA) is 38.0 Å². The standard InChI is InChI=1S/C13H22N2/c1-9(2)12-7-5-6-10(3)13(12)15-11(4)8-14/h5-7,9,11,15H,8,14H2,1-4H3. The summed E-state index contributed by atoms with van der Waals surface area (Å²) in [6, 6.07) is 6.76. The van der Waals surface area contributed by atoms with Gasteiger partial charge in [0.05, 0.1) is 0 Å². The first-order valence-electron chi connectivity index (χ1n) is 5.62. The maximum absolute atomic E-state index is 5.63. The van der Waals surface area contributed by atoms with Crippen molar-refractivity contribution in [1.29, 1.82) is 0 Å². The third kappa shape index (κ3) is 2.96. The maximum Gasteiger partial charge on any atom is 0.0407 e. The van der Waals surface area contributed by atoms with E-state index in [1.807, 2.05) is 0 Å². The Morgan fingerprint density at radius 2 is 1.93 bits per heavy atom. The number of nitrogens with two attached hydrogens (primary N) is 1. The summed E-state index contributed by atoms with van der Waals surface area (Å²) in [4.78, 5) is 0. The smallest absolute Gasteiger partial charge is 0.0407 e. The molecule has 0 aliphatic heterocycles. The van der Waals surface area contributed by atoms with E-state index in [2.05, 4.69) is 51.2 Å². The third-order valence-electron chi connectivity index (χ3n) is 2.67. The van der Waals surface area contributed by atoms with Crippen LogP contribution >= 0.6 is 0 Å². The van der Waals surface area contributed by atoms with Crippen LogP contribution in [0.2, 0.25) is 0 Å². The van der Waals surface area contributed by atoms with E-state index in [0.29, 0.717) is 18.5 Å². The molecule has 1 aromatic carbocycles. The van der Waals surface area contributed by atoms with Crippen molar-refractivity contribution in [2.45, 2.75) is 39.7 Å². The molecule has 0 aromatic heterocycles. The van der Waals surface area contributed by atoms with Crippen molar-refractivity contribution in [3.05, 3.63) is 29.3 Å². The van der Waals surface area contributed by atoms with Gasteiger partial charge in [-0.25, -0.2) is 0 Å². The van der Waals surface area contributed by atoms with Crippen molar-refractivity contribution in [2.24, 2.45) is 5.73 Å². The van der Waals surface area contributed by atoms with Gasteiger partial charge in [0.25, 0.3) is 0 Å². The van der Waals surface area contributed by atoms with E-state index in [-0.39, 0.29) is 0 Å². The third-order valence-corrected chi connectivity index (χ3v) is 2.67. The van der Waals surface area contributed by atoms with Crippen LogP contribution < -0.4 is 11.1 Å². The van der Waals surface area contributed by atoms with Crippen molar-refractivity contribution in [1.82, 2.24) is 0 Å². The molecule has 0 aliphatic rings. The van der Waals surface area contributed by atoms with Gasteiger partial charge >= 0.3 is 0 Å². The molecule has 0 bridgehead atoms. The molecule has 1 unspecified atom stereocenters. The van der Waals surface area contributed by atoms with Crippen LogP contribution in [0, 0.1) is 6.92 Å². The zero-order valence-corrected chi connectivity index (χ0v) is 10.2. The van der Waals surface area contributed by atoms with Crippen LogP contribution in [0.15, 0.2) is 18.2 Å². The average molecular weight is 206 g/mol. The second-order valence-electron chi connectivity index (χ2n) is 4.47. The van der Waals surface area contributed by atoms with E-state index in [4.69, 9.17) is 5.73 Å². The van der Waals surface area contributed by atoms with Gasteiger partial charge in [-0.05, 0) is 30.9 Å². The average Bonchev–Trinajstić information content (AvgIpc) is 2.20. The number of nitrogens with one attached hydrogen (secondary N) is 1. The summed E-state index contributed by atoms with van der Waals surface area (Å²) in [5.41, 5.74) is 9.55. The molecule has 2 nitrogen and oxygen atoms in total. The van der Waals surface area contributed by atoms with Crippen LogP contribution in [0.1, 0.15) is 37.8 Å². The fraction of sp³-hybridized carbons (Fsp3) is 0.538. The summed E-state index contributed by atoms with van der Waals surface area (Å²) in [6.07, 6.45) is 0. The highest BCUT2D eigenvalue weighted by Gasteiger charge is 2.10. The molecule has 0 saturated carbocycles. The first-order chi connectivity index (χ1) is 7.06. The zero-order valence-electron chi connectivity index (χ0n) is 10.2. The van der Waals surface area contributed by atoms with Crippen molar-refractivity contribution in [2.75, 3.05) is 11.9 Å². The second-order valence-corrected chi connectivity index (χ2v) is 4.47. The minimum Gasteiger partial charge on any atom is -0.381 e. The molecule has 0 fully saturated rings. The predicted octanol–water partition coefficient (Wildman–Crippen LogP) is 2.88. The number of para-hydroxylation sites is 1. The van der Waals surface area contributed by atoms with Gasteiger partial charge in [-0.3, -0.25) is 0 Å². The summed E-state index contributed by atoms with van der Waals surface area (Å²) in [5.74, 6) is 0.539. The van der Waals surface area contributed by atoms with Crippen molar-refractivity contribution in [3.8, 4) is 0 Å². The molecular weight excluding hydrogens is 184 g/mol. The Bertz CT molecular complexity index is 318. The Morgan fingerprint density at radius 3 is 2.47 bits per heavy atom. The molecule has 0 aliphatic carbocycles. The fourth-order valence-corrected chi connectivity index (χ4v) is 1.67. The second kappa shape index (κ2) is 5.17. The van der Waals surface area contributed by atoms with E-state index in [9.17, 15) is 0 Å². The van der Waals surface area contributed by atoms with E-state index in [1.165, 1.54) is 16.8 Å². The van der Waals surface area contributed by atoms with E-state index in [1.54, 1.807) is 0 Å². The minimum atomic E-state index is 0.323. The lowest BCUT2D eigenvalue weighted by atomic mass is 9.98. The largest absolute Gasteiger partial charge is 0.381 e. The molecule has 2 heteroatoms. The lowest BCUT2D eigenvalue weighted by Crippen LogP contribution is -2.26. The molecule has 0 heterocycles. The first kappa shape index (κ1) is 12.1. The first-order valence-corrected chi connectivity index (χ1v) is 5.62. The molecule has 0 spiro atoms. The monoisotopic (exact) mass is 206 g/mol. The van der Waals surface area contributed by atoms with E-state index < -0.39 is 0 Å². The Balaban J connectivity index is 3.02. The van der Waals surface area contributed by atoms with Crippen LogP contribution in [0.4, 0.5) is 5.69 Å². The lowest BCUT2D eigenvalue weighted by Gasteiger charge is -2.20. The predicted molar refractivity (Wildman–Crippen MR) is 67.4 cm³/mol. The molecule has 1 atom stereocenters. The van der Waals surface area contributed by atoms with Crippen LogP contribution in [0.3, 0.4) is 0 Å². The molecule has 15 heavy (non-hydrogen) atoms. The summed E-state index contributed by atoms with van der Waals surface area (Å²) >= 11 is 0. The Labute approximate surface area is 92.9 Å². The number of aryl methyl sites for hydroxylation is 1. The molecule has 1 aromatic rings. The van der Waals surface area contributed by atoms with Gasteiger partial charge in [-0.1, -0.05) is 32.0 Å². The van der Waals surface area contributed by atoms with Crippen LogP contribution in [-0.2, 0) is 0 Å². The van der Waals surface area contributed by atoms with Gasteiger partial charge in [0.1, 0.15) is 0 Å². The molecule has 0 radical (unpaired) electrons. The SMILES string of the molecule is Cc1cccc(C(C)C)c1NC(C)CN. The fourth-order valence-electron chi connectivity index (χ4n) is 1.67.